The van der Waals surface area contributed by atoms with E-state index in [-0.39, 0.29) is 11.8 Å². The summed E-state index contributed by atoms with van der Waals surface area (Å²) in [6, 6.07) is 0. The molecular formula is C9H20O4Si. The van der Waals surface area contributed by atoms with Crippen LogP contribution in [0.3, 0.4) is 0 Å². The molecule has 1 atom stereocenters. The van der Waals surface area contributed by atoms with Crippen LogP contribution in [-0.2, 0) is 18.3 Å². The van der Waals surface area contributed by atoms with Crippen LogP contribution in [0.2, 0.25) is 0 Å². The zero-order valence-electron chi connectivity index (χ0n) is 9.19. The Hall–Kier alpha value is 0.0569. The molecule has 1 heterocycles. The van der Waals surface area contributed by atoms with Crippen LogP contribution in [0.15, 0.2) is 0 Å². The van der Waals surface area contributed by atoms with Gasteiger partial charge in [-0.2, -0.15) is 0 Å². The summed E-state index contributed by atoms with van der Waals surface area (Å²) in [5.74, 6) is 0. The molecule has 0 amide bonds. The van der Waals surface area contributed by atoms with E-state index in [2.05, 4.69) is 6.92 Å². The Morgan fingerprint density at radius 1 is 1.36 bits per heavy atom. The van der Waals surface area contributed by atoms with Gasteiger partial charge in [0.25, 0.3) is 0 Å². The van der Waals surface area contributed by atoms with Crippen LogP contribution in [0.5, 0.6) is 0 Å². The standard InChI is InChI=1S/C9H20O4Si/c1-4-5-9(14(10-2)11-3)13-8-6-12-7-8/h8-9,14H,4-7H2,1-3H3. The molecule has 0 radical (unpaired) electrons. The second-order valence-electron chi connectivity index (χ2n) is 3.46. The quantitative estimate of drug-likeness (QED) is 0.590. The summed E-state index contributed by atoms with van der Waals surface area (Å²) < 4.78 is 21.6. The molecule has 0 aromatic heterocycles. The van der Waals surface area contributed by atoms with E-state index < -0.39 is 9.28 Å². The second kappa shape index (κ2) is 6.52. The number of rotatable bonds is 7. The van der Waals surface area contributed by atoms with Gasteiger partial charge < -0.3 is 18.3 Å². The molecule has 1 rings (SSSR count). The van der Waals surface area contributed by atoms with E-state index >= 15 is 0 Å². The van der Waals surface area contributed by atoms with Gasteiger partial charge in [-0.25, -0.2) is 0 Å². The van der Waals surface area contributed by atoms with Gasteiger partial charge in [-0.3, -0.25) is 0 Å². The molecule has 1 saturated heterocycles. The van der Waals surface area contributed by atoms with Crippen molar-refractivity contribution in [2.75, 3.05) is 27.4 Å². The van der Waals surface area contributed by atoms with E-state index in [1.165, 1.54) is 0 Å². The smallest absolute Gasteiger partial charge is 0.350 e. The zero-order valence-corrected chi connectivity index (χ0v) is 10.3. The molecule has 1 unspecified atom stereocenters. The van der Waals surface area contributed by atoms with Gasteiger partial charge in [-0.1, -0.05) is 13.3 Å². The molecule has 0 bridgehead atoms. The van der Waals surface area contributed by atoms with Crippen molar-refractivity contribution in [2.24, 2.45) is 0 Å². The molecular weight excluding hydrogens is 200 g/mol. The van der Waals surface area contributed by atoms with E-state index in [9.17, 15) is 0 Å². The highest BCUT2D eigenvalue weighted by Gasteiger charge is 2.30. The molecule has 0 aromatic carbocycles. The van der Waals surface area contributed by atoms with Crippen LogP contribution < -0.4 is 0 Å². The molecule has 0 aromatic rings. The van der Waals surface area contributed by atoms with Crippen LogP contribution in [0.1, 0.15) is 19.8 Å². The molecule has 0 aliphatic carbocycles. The summed E-state index contributed by atoms with van der Waals surface area (Å²) in [4.78, 5) is 0. The molecule has 4 nitrogen and oxygen atoms in total. The molecule has 84 valence electrons. The fourth-order valence-electron chi connectivity index (χ4n) is 1.49. The lowest BCUT2D eigenvalue weighted by atomic mass is 10.3. The monoisotopic (exact) mass is 220 g/mol. The minimum absolute atomic E-state index is 0.156. The topological polar surface area (TPSA) is 36.9 Å². The van der Waals surface area contributed by atoms with Crippen LogP contribution >= 0.6 is 0 Å². The van der Waals surface area contributed by atoms with Gasteiger partial charge in [-0.15, -0.1) is 0 Å². The second-order valence-corrected chi connectivity index (χ2v) is 5.89. The van der Waals surface area contributed by atoms with Crippen molar-refractivity contribution >= 4 is 9.28 Å². The van der Waals surface area contributed by atoms with Crippen molar-refractivity contribution in [1.82, 2.24) is 0 Å². The molecule has 5 heteroatoms. The Balaban J connectivity index is 2.34. The lowest BCUT2D eigenvalue weighted by Gasteiger charge is -2.32. The van der Waals surface area contributed by atoms with E-state index in [0.29, 0.717) is 0 Å². The molecule has 1 aliphatic rings. The summed E-state index contributed by atoms with van der Waals surface area (Å²) in [5.41, 5.74) is 0.156. The molecule has 1 fully saturated rings. The maximum absolute atomic E-state index is 5.86. The Bertz CT molecular complexity index is 148. The zero-order chi connectivity index (χ0) is 10.4. The Kier molecular flexibility index (Phi) is 5.65. The van der Waals surface area contributed by atoms with Crippen molar-refractivity contribution < 1.29 is 18.3 Å². The van der Waals surface area contributed by atoms with Crippen LogP contribution in [-0.4, -0.2) is 48.5 Å². The van der Waals surface area contributed by atoms with Crippen molar-refractivity contribution in [2.45, 2.75) is 31.6 Å². The van der Waals surface area contributed by atoms with Crippen molar-refractivity contribution in [1.29, 1.82) is 0 Å². The van der Waals surface area contributed by atoms with Crippen molar-refractivity contribution in [3.8, 4) is 0 Å². The first kappa shape index (κ1) is 12.1. The number of hydrogen-bond donors (Lipinski definition) is 0. The molecule has 1 aliphatic heterocycles. The van der Waals surface area contributed by atoms with E-state index in [0.717, 1.165) is 26.1 Å². The normalized spacial score (nSPS) is 19.7. The van der Waals surface area contributed by atoms with Gasteiger partial charge in [0.2, 0.25) is 0 Å². The SMILES string of the molecule is CCCC(OC1COC1)[SiH](OC)OC. The lowest BCUT2D eigenvalue weighted by molar-refractivity contribution is -0.145. The average molecular weight is 220 g/mol. The van der Waals surface area contributed by atoms with Crippen LogP contribution in [0, 0.1) is 0 Å². The van der Waals surface area contributed by atoms with E-state index in [1.807, 2.05) is 0 Å². The third kappa shape index (κ3) is 3.32. The fourth-order valence-corrected chi connectivity index (χ4v) is 3.25. The fraction of sp³-hybridized carbons (Fsp3) is 1.00. The summed E-state index contributed by atoms with van der Waals surface area (Å²) >= 11 is 0. The van der Waals surface area contributed by atoms with Gasteiger partial charge in [-0.05, 0) is 6.42 Å². The Morgan fingerprint density at radius 3 is 2.36 bits per heavy atom. The summed E-state index contributed by atoms with van der Waals surface area (Å²) in [6.45, 7) is 3.58. The van der Waals surface area contributed by atoms with Crippen LogP contribution in [0.4, 0.5) is 0 Å². The number of hydrogen-bond acceptors (Lipinski definition) is 4. The first-order valence-corrected chi connectivity index (χ1v) is 6.71. The third-order valence-corrected chi connectivity index (χ3v) is 4.34. The van der Waals surface area contributed by atoms with E-state index in [4.69, 9.17) is 18.3 Å². The summed E-state index contributed by atoms with van der Waals surface area (Å²) in [7, 11) is 1.76. The van der Waals surface area contributed by atoms with E-state index in [1.54, 1.807) is 14.2 Å². The Morgan fingerprint density at radius 2 is 2.00 bits per heavy atom. The molecule has 0 spiro atoms. The lowest BCUT2D eigenvalue weighted by Crippen LogP contribution is -2.46. The minimum Gasteiger partial charge on any atom is -0.398 e. The molecule has 0 saturated carbocycles. The number of ether oxygens (including phenoxy) is 2. The van der Waals surface area contributed by atoms with Gasteiger partial charge >= 0.3 is 9.28 Å². The average Bonchev–Trinajstić information content (AvgIpc) is 2.13. The largest absolute Gasteiger partial charge is 0.398 e. The van der Waals surface area contributed by atoms with Crippen molar-refractivity contribution in [3.05, 3.63) is 0 Å². The highest BCUT2D eigenvalue weighted by atomic mass is 28.3. The van der Waals surface area contributed by atoms with Gasteiger partial charge in [0.1, 0.15) is 6.10 Å². The van der Waals surface area contributed by atoms with Gasteiger partial charge in [0, 0.05) is 14.2 Å². The maximum Gasteiger partial charge on any atom is 0.350 e. The highest BCUT2D eigenvalue weighted by molar-refractivity contribution is 6.45. The van der Waals surface area contributed by atoms with Gasteiger partial charge in [0.15, 0.2) is 0 Å². The van der Waals surface area contributed by atoms with Crippen molar-refractivity contribution in [3.63, 3.8) is 0 Å². The third-order valence-electron chi connectivity index (χ3n) is 2.32. The molecule has 14 heavy (non-hydrogen) atoms. The predicted octanol–water partition coefficient (Wildman–Crippen LogP) is 0.623. The predicted molar refractivity (Wildman–Crippen MR) is 55.6 cm³/mol. The summed E-state index contributed by atoms with van der Waals surface area (Å²) in [6.07, 6.45) is 2.36. The minimum atomic E-state index is -1.64. The van der Waals surface area contributed by atoms with Gasteiger partial charge in [0.05, 0.1) is 18.9 Å². The maximum atomic E-state index is 5.86. The summed E-state index contributed by atoms with van der Waals surface area (Å²) in [5, 5.41) is 0. The molecule has 0 N–H and O–H groups in total. The Labute approximate surface area is 87.3 Å². The first-order valence-electron chi connectivity index (χ1n) is 5.10. The van der Waals surface area contributed by atoms with Crippen LogP contribution in [0.25, 0.3) is 0 Å². The highest BCUT2D eigenvalue weighted by Crippen LogP contribution is 2.15. The first-order chi connectivity index (χ1) is 6.81.